The topological polar surface area (TPSA) is 146 Å². The van der Waals surface area contributed by atoms with E-state index in [0.29, 0.717) is 0 Å². The third kappa shape index (κ3) is 11.1. The molecule has 192 valence electrons. The molecule has 0 saturated carbocycles. The molecular weight excluding hydrogens is 465 g/mol. The molecule has 0 aliphatic carbocycles. The molecule has 0 bridgehead atoms. The minimum absolute atomic E-state index is 0.0273. The zero-order valence-electron chi connectivity index (χ0n) is 21.0. The molecule has 0 amide bonds. The van der Waals surface area contributed by atoms with E-state index in [1.807, 2.05) is 41.5 Å². The van der Waals surface area contributed by atoms with Crippen LogP contribution < -0.4 is 14.7 Å². The summed E-state index contributed by atoms with van der Waals surface area (Å²) in [5.74, 6) is -1.29. The minimum atomic E-state index is -4.10. The first-order chi connectivity index (χ1) is 15.4. The molecule has 0 aliphatic rings. The number of carbonyl (C=O) groups excluding carboxylic acids is 2. The summed E-state index contributed by atoms with van der Waals surface area (Å²) < 4.78 is 29.7. The van der Waals surface area contributed by atoms with Gasteiger partial charge in [0.25, 0.3) is 5.69 Å². The van der Waals surface area contributed by atoms with Crippen molar-refractivity contribution in [1.29, 1.82) is 0 Å². The third-order valence-electron chi connectivity index (χ3n) is 4.01. The van der Waals surface area contributed by atoms with Crippen molar-refractivity contribution >= 4 is 25.3 Å². The number of nitrogens with one attached hydrogen (secondary N) is 2. The number of nitrogens with zero attached hydrogens (tertiary/aromatic N) is 1. The Morgan fingerprint density at radius 3 is 1.62 bits per heavy atom. The zero-order valence-corrected chi connectivity index (χ0v) is 21.9. The van der Waals surface area contributed by atoms with E-state index in [1.54, 1.807) is 0 Å². The maximum Gasteiger partial charge on any atom is 0.391 e. The second kappa shape index (κ2) is 11.8. The predicted molar refractivity (Wildman–Crippen MR) is 127 cm³/mol. The molecule has 0 radical (unpaired) electrons. The lowest BCUT2D eigenvalue weighted by molar-refractivity contribution is -0.384. The van der Waals surface area contributed by atoms with Gasteiger partial charge in [-0.25, -0.2) is 14.7 Å². The third-order valence-corrected chi connectivity index (χ3v) is 5.93. The predicted octanol–water partition coefficient (Wildman–Crippen LogP) is 4.22. The number of non-ortho nitro benzene ring substituents is 1. The van der Waals surface area contributed by atoms with Crippen LogP contribution in [0.15, 0.2) is 24.3 Å². The molecular formula is C22H36N3O8P. The monoisotopic (exact) mass is 501 g/mol. The van der Waals surface area contributed by atoms with Crippen LogP contribution in [0.4, 0.5) is 5.69 Å². The highest BCUT2D eigenvalue weighted by atomic mass is 31.2. The van der Waals surface area contributed by atoms with Crippen molar-refractivity contribution in [3.8, 4) is 5.75 Å². The van der Waals surface area contributed by atoms with E-state index in [2.05, 4.69) is 10.2 Å². The largest absolute Gasteiger partial charge is 0.464 e. The molecule has 0 fully saturated rings. The van der Waals surface area contributed by atoms with Crippen molar-refractivity contribution in [2.45, 2.75) is 67.5 Å². The first-order valence-corrected chi connectivity index (χ1v) is 12.5. The van der Waals surface area contributed by atoms with Crippen LogP contribution in [0.3, 0.4) is 0 Å². The van der Waals surface area contributed by atoms with Gasteiger partial charge in [0.1, 0.15) is 17.8 Å². The molecule has 0 spiro atoms. The molecule has 1 aromatic rings. The molecule has 34 heavy (non-hydrogen) atoms. The number of nitro benzene ring substituents is 1. The molecule has 0 aliphatic heterocycles. The molecule has 1 aromatic carbocycles. The van der Waals surface area contributed by atoms with Crippen LogP contribution in [0.5, 0.6) is 5.75 Å². The molecule has 0 aromatic heterocycles. The number of rotatable bonds is 11. The van der Waals surface area contributed by atoms with Crippen molar-refractivity contribution in [2.24, 2.45) is 10.8 Å². The van der Waals surface area contributed by atoms with E-state index in [4.69, 9.17) is 14.0 Å². The summed E-state index contributed by atoms with van der Waals surface area (Å²) >= 11 is 0. The lowest BCUT2D eigenvalue weighted by Crippen LogP contribution is -2.43. The lowest BCUT2D eigenvalue weighted by atomic mass is 9.99. The van der Waals surface area contributed by atoms with Crippen molar-refractivity contribution in [3.05, 3.63) is 34.4 Å². The summed E-state index contributed by atoms with van der Waals surface area (Å²) in [6, 6.07) is 2.77. The number of hydrogen-bond donors (Lipinski definition) is 2. The first-order valence-electron chi connectivity index (χ1n) is 10.8. The average molecular weight is 502 g/mol. The van der Waals surface area contributed by atoms with E-state index in [-0.39, 0.29) is 35.5 Å². The molecule has 0 heterocycles. The fourth-order valence-corrected chi connectivity index (χ4v) is 4.14. The van der Waals surface area contributed by atoms with Gasteiger partial charge < -0.3 is 14.0 Å². The number of ether oxygens (including phenoxy) is 2. The van der Waals surface area contributed by atoms with Gasteiger partial charge in [-0.3, -0.25) is 19.7 Å². The van der Waals surface area contributed by atoms with Crippen LogP contribution in [0.1, 0.15) is 55.4 Å². The van der Waals surface area contributed by atoms with Gasteiger partial charge in [0.05, 0.1) is 18.1 Å². The van der Waals surface area contributed by atoms with Crippen molar-refractivity contribution in [1.82, 2.24) is 10.2 Å². The molecule has 0 saturated heterocycles. The summed E-state index contributed by atoms with van der Waals surface area (Å²) in [6.07, 6.45) is 0. The van der Waals surface area contributed by atoms with Gasteiger partial charge in [0.15, 0.2) is 0 Å². The van der Waals surface area contributed by atoms with E-state index in [9.17, 15) is 24.3 Å². The summed E-state index contributed by atoms with van der Waals surface area (Å²) in [5, 5.41) is 16.0. The van der Waals surface area contributed by atoms with Crippen LogP contribution >= 0.6 is 7.67 Å². The maximum atomic E-state index is 13.6. The summed E-state index contributed by atoms with van der Waals surface area (Å²) in [5.41, 5.74) is -0.711. The van der Waals surface area contributed by atoms with Gasteiger partial charge in [-0.05, 0) is 36.8 Å². The number of nitro groups is 1. The number of hydrogen-bond acceptors (Lipinski definition) is 8. The van der Waals surface area contributed by atoms with Crippen LogP contribution in [0, 0.1) is 20.9 Å². The van der Waals surface area contributed by atoms with Crippen LogP contribution in [-0.2, 0) is 23.6 Å². The Balaban J connectivity index is 3.04. The van der Waals surface area contributed by atoms with Crippen molar-refractivity contribution in [2.75, 3.05) is 13.2 Å². The quantitative estimate of drug-likeness (QED) is 0.196. The van der Waals surface area contributed by atoms with Gasteiger partial charge in [-0.2, -0.15) is 0 Å². The molecule has 0 unspecified atom stereocenters. The standard InChI is InChI=1S/C22H36N3O8P/c1-15(19(26)31-13-21(3,4)5)23-34(30,24-16(2)20(27)32-14-22(6,7)8)33-18-11-9-17(10-12-18)25(28)29/h9-12,15-16H,13-14H2,1-8H3,(H2,23,24,30)/t15-,16-/m0/s1. The highest BCUT2D eigenvalue weighted by molar-refractivity contribution is 7.55. The zero-order chi connectivity index (χ0) is 26.3. The summed E-state index contributed by atoms with van der Waals surface area (Å²) in [7, 11) is -4.10. The Hall–Kier alpha value is -2.49. The molecule has 1 rings (SSSR count). The normalized spacial score (nSPS) is 14.1. The van der Waals surface area contributed by atoms with Crippen LogP contribution in [0.2, 0.25) is 0 Å². The summed E-state index contributed by atoms with van der Waals surface area (Å²) in [4.78, 5) is 35.1. The molecule has 2 N–H and O–H groups in total. The molecule has 2 atom stereocenters. The van der Waals surface area contributed by atoms with E-state index in [0.717, 1.165) is 0 Å². The van der Waals surface area contributed by atoms with Gasteiger partial charge in [-0.15, -0.1) is 0 Å². The second-order valence-electron chi connectivity index (χ2n) is 10.4. The van der Waals surface area contributed by atoms with Crippen LogP contribution in [-0.4, -0.2) is 42.2 Å². The Labute approximate surface area is 200 Å². The Morgan fingerprint density at radius 1 is 0.912 bits per heavy atom. The smallest absolute Gasteiger partial charge is 0.391 e. The van der Waals surface area contributed by atoms with Crippen molar-refractivity contribution in [3.63, 3.8) is 0 Å². The average Bonchev–Trinajstić information content (AvgIpc) is 2.68. The first kappa shape index (κ1) is 29.5. The van der Waals surface area contributed by atoms with Gasteiger partial charge in [0, 0.05) is 12.1 Å². The fraction of sp³-hybridized carbons (Fsp3) is 0.636. The van der Waals surface area contributed by atoms with E-state index >= 15 is 0 Å². The Morgan fingerprint density at radius 2 is 1.29 bits per heavy atom. The fourth-order valence-electron chi connectivity index (χ4n) is 2.31. The van der Waals surface area contributed by atoms with E-state index < -0.39 is 36.6 Å². The van der Waals surface area contributed by atoms with Gasteiger partial charge in [-0.1, -0.05) is 41.5 Å². The van der Waals surface area contributed by atoms with Crippen molar-refractivity contribution < 1.29 is 33.1 Å². The SMILES string of the molecule is C[C@H](NP(=O)(N[C@@H](C)C(=O)OCC(C)(C)C)Oc1ccc([N+](=O)[O-])cc1)C(=O)OCC(C)(C)C. The highest BCUT2D eigenvalue weighted by Gasteiger charge is 2.35. The molecule has 12 heteroatoms. The van der Waals surface area contributed by atoms with Gasteiger partial charge >= 0.3 is 19.6 Å². The van der Waals surface area contributed by atoms with Crippen LogP contribution in [0.25, 0.3) is 0 Å². The highest BCUT2D eigenvalue weighted by Crippen LogP contribution is 2.40. The maximum absolute atomic E-state index is 13.6. The Bertz CT molecular complexity index is 864. The molecule has 11 nitrogen and oxygen atoms in total. The number of benzene rings is 1. The van der Waals surface area contributed by atoms with E-state index in [1.165, 1.54) is 38.1 Å². The number of esters is 2. The van der Waals surface area contributed by atoms with Gasteiger partial charge in [0.2, 0.25) is 0 Å². The summed E-state index contributed by atoms with van der Waals surface area (Å²) in [6.45, 7) is 14.6. The minimum Gasteiger partial charge on any atom is -0.464 e. The Kier molecular flexibility index (Phi) is 10.2. The lowest BCUT2D eigenvalue weighted by Gasteiger charge is -2.27. The second-order valence-corrected chi connectivity index (χ2v) is 12.2. The number of carbonyl (C=O) groups is 2.